The van der Waals surface area contributed by atoms with Gasteiger partial charge in [-0.05, 0) is 44.3 Å². The van der Waals surface area contributed by atoms with Crippen LogP contribution in [0.3, 0.4) is 0 Å². The number of nitrogens with one attached hydrogen (secondary N) is 1. The van der Waals surface area contributed by atoms with Crippen LogP contribution in [-0.2, 0) is 4.79 Å². The van der Waals surface area contributed by atoms with Gasteiger partial charge in [0.2, 0.25) is 5.91 Å². The zero-order valence-corrected chi connectivity index (χ0v) is 15.4. The highest BCUT2D eigenvalue weighted by molar-refractivity contribution is 9.11. The van der Waals surface area contributed by atoms with Crippen molar-refractivity contribution < 1.29 is 14.3 Å². The molecule has 0 saturated carbocycles. The van der Waals surface area contributed by atoms with Crippen LogP contribution >= 0.6 is 31.9 Å². The second-order valence-corrected chi connectivity index (χ2v) is 5.87. The van der Waals surface area contributed by atoms with Crippen molar-refractivity contribution >= 4 is 44.0 Å². The molecule has 0 unspecified atom stereocenters. The van der Waals surface area contributed by atoms with Crippen LogP contribution in [-0.4, -0.2) is 26.3 Å². The van der Waals surface area contributed by atoms with E-state index in [-0.39, 0.29) is 5.91 Å². The van der Waals surface area contributed by atoms with E-state index in [0.29, 0.717) is 28.0 Å². The van der Waals surface area contributed by atoms with E-state index in [9.17, 15) is 4.79 Å². The Balaban J connectivity index is 2.90. The quantitative estimate of drug-likeness (QED) is 0.537. The first kappa shape index (κ1) is 18.0. The number of rotatable bonds is 7. The van der Waals surface area contributed by atoms with Crippen LogP contribution in [0.5, 0.6) is 11.5 Å². The fourth-order valence-electron chi connectivity index (χ4n) is 1.66. The molecular weight excluding hydrogens is 404 g/mol. The summed E-state index contributed by atoms with van der Waals surface area (Å²) in [7, 11) is 3.14. The molecule has 0 radical (unpaired) electrons. The molecule has 1 aromatic rings. The van der Waals surface area contributed by atoms with Crippen LogP contribution in [0.25, 0.3) is 0 Å². The molecule has 0 aliphatic rings. The van der Waals surface area contributed by atoms with Gasteiger partial charge in [-0.2, -0.15) is 5.10 Å². The van der Waals surface area contributed by atoms with Crippen molar-refractivity contribution in [3.63, 3.8) is 0 Å². The van der Waals surface area contributed by atoms with Gasteiger partial charge in [-0.3, -0.25) is 4.79 Å². The zero-order valence-electron chi connectivity index (χ0n) is 12.2. The van der Waals surface area contributed by atoms with Gasteiger partial charge in [0.05, 0.1) is 24.9 Å². The van der Waals surface area contributed by atoms with E-state index in [0.717, 1.165) is 17.3 Å². The van der Waals surface area contributed by atoms with Crippen LogP contribution in [0.15, 0.2) is 20.1 Å². The van der Waals surface area contributed by atoms with Crippen molar-refractivity contribution in [2.45, 2.75) is 26.2 Å². The molecule has 5 nitrogen and oxygen atoms in total. The summed E-state index contributed by atoms with van der Waals surface area (Å²) in [4.78, 5) is 11.5. The molecule has 21 heavy (non-hydrogen) atoms. The number of hydrazone groups is 1. The molecular formula is C14H18Br2N2O3. The minimum Gasteiger partial charge on any atom is -0.495 e. The number of nitrogens with zero attached hydrogens (tertiary/aromatic N) is 1. The molecule has 0 aromatic heterocycles. The number of carbonyl (C=O) groups is 1. The highest BCUT2D eigenvalue weighted by Crippen LogP contribution is 2.41. The van der Waals surface area contributed by atoms with Gasteiger partial charge in [0.1, 0.15) is 10.2 Å². The number of ether oxygens (including phenoxy) is 2. The number of amides is 1. The first-order valence-corrected chi connectivity index (χ1v) is 8.05. The van der Waals surface area contributed by atoms with Gasteiger partial charge >= 0.3 is 0 Å². The first-order valence-electron chi connectivity index (χ1n) is 6.47. The van der Waals surface area contributed by atoms with E-state index in [1.54, 1.807) is 14.2 Å². The van der Waals surface area contributed by atoms with Gasteiger partial charge in [0, 0.05) is 12.0 Å². The largest absolute Gasteiger partial charge is 0.495 e. The summed E-state index contributed by atoms with van der Waals surface area (Å²) in [5.74, 6) is 1.12. The third kappa shape index (κ3) is 5.00. The van der Waals surface area contributed by atoms with Crippen molar-refractivity contribution in [2.75, 3.05) is 14.2 Å². The van der Waals surface area contributed by atoms with Gasteiger partial charge < -0.3 is 9.47 Å². The molecule has 7 heteroatoms. The standard InChI is InChI=1S/C14H18Br2N2O3/c1-4-5-6-11(19)18-17-8-9-7-10(15)14(21-3)12(16)13(9)20-2/h7-8H,4-6H2,1-3H3,(H,18,19)/b17-8+. The first-order chi connectivity index (χ1) is 10.0. The topological polar surface area (TPSA) is 59.9 Å². The van der Waals surface area contributed by atoms with Crippen LogP contribution in [0.2, 0.25) is 0 Å². The Labute approximate surface area is 141 Å². The second-order valence-electron chi connectivity index (χ2n) is 4.22. The van der Waals surface area contributed by atoms with Crippen molar-refractivity contribution in [2.24, 2.45) is 5.10 Å². The fraction of sp³-hybridized carbons (Fsp3) is 0.429. The van der Waals surface area contributed by atoms with Gasteiger partial charge in [-0.1, -0.05) is 13.3 Å². The molecule has 1 N–H and O–H groups in total. The summed E-state index contributed by atoms with van der Waals surface area (Å²) in [6.07, 6.45) is 3.84. The highest BCUT2D eigenvalue weighted by Gasteiger charge is 2.15. The Morgan fingerprint density at radius 1 is 1.33 bits per heavy atom. The lowest BCUT2D eigenvalue weighted by molar-refractivity contribution is -0.121. The summed E-state index contributed by atoms with van der Waals surface area (Å²) < 4.78 is 12.1. The van der Waals surface area contributed by atoms with Gasteiger partial charge in [-0.15, -0.1) is 0 Å². The maximum absolute atomic E-state index is 11.5. The Hall–Kier alpha value is -1.08. The highest BCUT2D eigenvalue weighted by atomic mass is 79.9. The lowest BCUT2D eigenvalue weighted by Crippen LogP contribution is -2.16. The molecule has 0 spiro atoms. The normalized spacial score (nSPS) is 10.7. The molecule has 0 saturated heterocycles. The predicted molar refractivity (Wildman–Crippen MR) is 90.2 cm³/mol. The van der Waals surface area contributed by atoms with Crippen LogP contribution in [0.1, 0.15) is 31.7 Å². The number of hydrogen-bond donors (Lipinski definition) is 1. The van der Waals surface area contributed by atoms with Gasteiger partial charge in [0.25, 0.3) is 0 Å². The Bertz CT molecular complexity index is 533. The summed E-state index contributed by atoms with van der Waals surface area (Å²) in [6, 6.07) is 1.81. The number of halogens is 2. The lowest BCUT2D eigenvalue weighted by atomic mass is 10.2. The summed E-state index contributed by atoms with van der Waals surface area (Å²) in [5.41, 5.74) is 3.21. The molecule has 0 fully saturated rings. The maximum atomic E-state index is 11.5. The average Bonchev–Trinajstić information content (AvgIpc) is 2.45. The third-order valence-corrected chi connectivity index (χ3v) is 4.03. The molecule has 116 valence electrons. The van der Waals surface area contributed by atoms with E-state index in [1.807, 2.05) is 13.0 Å². The van der Waals surface area contributed by atoms with Crippen molar-refractivity contribution in [3.05, 3.63) is 20.6 Å². The van der Waals surface area contributed by atoms with Crippen molar-refractivity contribution in [1.82, 2.24) is 5.43 Å². The monoisotopic (exact) mass is 420 g/mol. The van der Waals surface area contributed by atoms with E-state index in [4.69, 9.17) is 9.47 Å². The Morgan fingerprint density at radius 3 is 2.57 bits per heavy atom. The number of unbranched alkanes of at least 4 members (excludes halogenated alkanes) is 1. The maximum Gasteiger partial charge on any atom is 0.240 e. The smallest absolute Gasteiger partial charge is 0.240 e. The number of benzene rings is 1. The molecule has 1 amide bonds. The number of hydrogen-bond acceptors (Lipinski definition) is 4. The molecule has 0 aliphatic carbocycles. The van der Waals surface area contributed by atoms with Crippen molar-refractivity contribution in [1.29, 1.82) is 0 Å². The minimum absolute atomic E-state index is 0.0984. The summed E-state index contributed by atoms with van der Waals surface area (Å²) >= 11 is 6.85. The van der Waals surface area contributed by atoms with Gasteiger partial charge in [0.15, 0.2) is 5.75 Å². The van der Waals surface area contributed by atoms with Crippen molar-refractivity contribution in [3.8, 4) is 11.5 Å². The second kappa shape index (κ2) is 9.04. The van der Waals surface area contributed by atoms with E-state index in [2.05, 4.69) is 42.4 Å². The average molecular weight is 422 g/mol. The van der Waals surface area contributed by atoms with Crippen LogP contribution in [0.4, 0.5) is 0 Å². The Kier molecular flexibility index (Phi) is 7.74. The SMILES string of the molecule is CCCCC(=O)N/N=C/c1cc(Br)c(OC)c(Br)c1OC. The third-order valence-electron chi connectivity index (χ3n) is 2.72. The fourth-order valence-corrected chi connectivity index (χ4v) is 3.30. The molecule has 1 aromatic carbocycles. The predicted octanol–water partition coefficient (Wildman–Crippen LogP) is 3.87. The van der Waals surface area contributed by atoms with Gasteiger partial charge in [-0.25, -0.2) is 5.43 Å². The molecule has 0 heterocycles. The summed E-state index contributed by atoms with van der Waals surface area (Å²) in [5, 5.41) is 3.95. The number of methoxy groups -OCH3 is 2. The van der Waals surface area contributed by atoms with E-state index in [1.165, 1.54) is 6.21 Å². The van der Waals surface area contributed by atoms with Crippen LogP contribution < -0.4 is 14.9 Å². The van der Waals surface area contributed by atoms with E-state index >= 15 is 0 Å². The lowest BCUT2D eigenvalue weighted by Gasteiger charge is -2.12. The minimum atomic E-state index is -0.0984. The van der Waals surface area contributed by atoms with Crippen LogP contribution in [0, 0.1) is 0 Å². The molecule has 0 aliphatic heterocycles. The Morgan fingerprint density at radius 2 is 2.00 bits per heavy atom. The molecule has 0 atom stereocenters. The summed E-state index contributed by atoms with van der Waals surface area (Å²) in [6.45, 7) is 2.04. The zero-order chi connectivity index (χ0) is 15.8. The number of carbonyl (C=O) groups excluding carboxylic acids is 1. The molecule has 1 rings (SSSR count). The van der Waals surface area contributed by atoms with E-state index < -0.39 is 0 Å². The molecule has 0 bridgehead atoms.